The van der Waals surface area contributed by atoms with Crippen LogP contribution in [-0.2, 0) is 0 Å². The number of nitrogens with two attached hydrogens (primary N) is 1. The SMILES string of the molecule is Cc1ccc(-c2ocnc2C(=O)N2CC(CN)CC2C)cc1. The first-order chi connectivity index (χ1) is 10.6. The van der Waals surface area contributed by atoms with Crippen molar-refractivity contribution in [3.63, 3.8) is 0 Å². The summed E-state index contributed by atoms with van der Waals surface area (Å²) in [6, 6.07) is 8.07. The van der Waals surface area contributed by atoms with Crippen LogP contribution in [0.1, 0.15) is 29.4 Å². The Morgan fingerprint density at radius 1 is 1.41 bits per heavy atom. The number of likely N-dealkylation sites (tertiary alicyclic amines) is 1. The van der Waals surface area contributed by atoms with Crippen LogP contribution in [0.5, 0.6) is 0 Å². The number of nitrogens with zero attached hydrogens (tertiary/aromatic N) is 2. The van der Waals surface area contributed by atoms with Crippen molar-refractivity contribution < 1.29 is 9.21 Å². The number of hydrogen-bond acceptors (Lipinski definition) is 4. The van der Waals surface area contributed by atoms with Gasteiger partial charge >= 0.3 is 0 Å². The molecule has 0 bridgehead atoms. The van der Waals surface area contributed by atoms with Gasteiger partial charge in [-0.1, -0.05) is 29.8 Å². The first-order valence-electron chi connectivity index (χ1n) is 7.61. The molecule has 1 aliphatic heterocycles. The first kappa shape index (κ1) is 14.8. The third-order valence-corrected chi connectivity index (χ3v) is 4.34. The Morgan fingerprint density at radius 3 is 2.77 bits per heavy atom. The van der Waals surface area contributed by atoms with Crippen molar-refractivity contribution in [2.75, 3.05) is 13.1 Å². The van der Waals surface area contributed by atoms with Gasteiger partial charge in [0.1, 0.15) is 0 Å². The van der Waals surface area contributed by atoms with Crippen LogP contribution in [0.2, 0.25) is 0 Å². The fourth-order valence-corrected chi connectivity index (χ4v) is 3.04. The Hall–Kier alpha value is -2.14. The second-order valence-corrected chi connectivity index (χ2v) is 6.04. The molecule has 2 aromatic rings. The van der Waals surface area contributed by atoms with Crippen molar-refractivity contribution in [3.8, 4) is 11.3 Å². The van der Waals surface area contributed by atoms with E-state index in [0.717, 1.165) is 17.5 Å². The highest BCUT2D eigenvalue weighted by Gasteiger charge is 2.34. The molecule has 116 valence electrons. The second kappa shape index (κ2) is 5.93. The lowest BCUT2D eigenvalue weighted by Crippen LogP contribution is -2.34. The van der Waals surface area contributed by atoms with Crippen LogP contribution in [0, 0.1) is 12.8 Å². The zero-order chi connectivity index (χ0) is 15.7. The van der Waals surface area contributed by atoms with Crippen LogP contribution >= 0.6 is 0 Å². The third-order valence-electron chi connectivity index (χ3n) is 4.34. The number of carbonyl (C=O) groups is 1. The lowest BCUT2D eigenvalue weighted by Gasteiger charge is -2.20. The zero-order valence-electron chi connectivity index (χ0n) is 13.0. The van der Waals surface area contributed by atoms with E-state index < -0.39 is 0 Å². The minimum absolute atomic E-state index is 0.0761. The maximum atomic E-state index is 12.8. The van der Waals surface area contributed by atoms with Crippen LogP contribution in [0.25, 0.3) is 11.3 Å². The molecular formula is C17H21N3O2. The van der Waals surface area contributed by atoms with Gasteiger partial charge in [0.15, 0.2) is 17.8 Å². The van der Waals surface area contributed by atoms with Gasteiger partial charge in [-0.25, -0.2) is 4.98 Å². The summed E-state index contributed by atoms with van der Waals surface area (Å²) in [5, 5.41) is 0. The molecule has 22 heavy (non-hydrogen) atoms. The molecule has 0 spiro atoms. The number of aryl methyl sites for hydroxylation is 1. The van der Waals surface area contributed by atoms with Gasteiger partial charge in [-0.3, -0.25) is 4.79 Å². The van der Waals surface area contributed by atoms with E-state index in [-0.39, 0.29) is 11.9 Å². The van der Waals surface area contributed by atoms with E-state index >= 15 is 0 Å². The van der Waals surface area contributed by atoms with Crippen molar-refractivity contribution in [1.82, 2.24) is 9.88 Å². The largest absolute Gasteiger partial charge is 0.443 e. The summed E-state index contributed by atoms with van der Waals surface area (Å²) in [4.78, 5) is 18.8. The Labute approximate surface area is 130 Å². The Bertz CT molecular complexity index is 663. The number of hydrogen-bond donors (Lipinski definition) is 1. The predicted molar refractivity (Wildman–Crippen MR) is 84.3 cm³/mol. The molecule has 2 heterocycles. The molecule has 2 N–H and O–H groups in total. The van der Waals surface area contributed by atoms with Crippen molar-refractivity contribution >= 4 is 5.91 Å². The summed E-state index contributed by atoms with van der Waals surface area (Å²) in [6.07, 6.45) is 2.28. The van der Waals surface area contributed by atoms with E-state index in [1.807, 2.05) is 36.1 Å². The van der Waals surface area contributed by atoms with E-state index in [1.165, 1.54) is 6.39 Å². The summed E-state index contributed by atoms with van der Waals surface area (Å²) >= 11 is 0. The van der Waals surface area contributed by atoms with Crippen LogP contribution in [-0.4, -0.2) is 34.9 Å². The average Bonchev–Trinajstić information content (AvgIpc) is 3.14. The average molecular weight is 299 g/mol. The van der Waals surface area contributed by atoms with Gasteiger partial charge in [0.25, 0.3) is 5.91 Å². The lowest BCUT2D eigenvalue weighted by molar-refractivity contribution is 0.0738. The summed E-state index contributed by atoms with van der Waals surface area (Å²) < 4.78 is 5.48. The molecule has 0 radical (unpaired) electrons. The predicted octanol–water partition coefficient (Wildman–Crippen LogP) is 2.46. The number of amides is 1. The number of carbonyl (C=O) groups excluding carboxylic acids is 1. The van der Waals surface area contributed by atoms with Crippen LogP contribution in [0.15, 0.2) is 35.1 Å². The Balaban J connectivity index is 1.88. The van der Waals surface area contributed by atoms with Crippen molar-refractivity contribution in [3.05, 3.63) is 41.9 Å². The van der Waals surface area contributed by atoms with Gasteiger partial charge in [-0.2, -0.15) is 0 Å². The number of benzene rings is 1. The Kier molecular flexibility index (Phi) is 3.98. The molecule has 1 amide bonds. The number of aromatic nitrogens is 1. The topological polar surface area (TPSA) is 72.4 Å². The van der Waals surface area contributed by atoms with Gasteiger partial charge < -0.3 is 15.1 Å². The first-order valence-corrected chi connectivity index (χ1v) is 7.61. The minimum atomic E-state index is -0.0761. The fourth-order valence-electron chi connectivity index (χ4n) is 3.04. The Morgan fingerprint density at radius 2 is 2.14 bits per heavy atom. The maximum absolute atomic E-state index is 12.8. The maximum Gasteiger partial charge on any atom is 0.276 e. The summed E-state index contributed by atoms with van der Waals surface area (Å²) in [5.41, 5.74) is 8.15. The fraction of sp³-hybridized carbons (Fsp3) is 0.412. The zero-order valence-corrected chi connectivity index (χ0v) is 13.0. The molecule has 5 nitrogen and oxygen atoms in total. The molecule has 5 heteroatoms. The molecule has 0 saturated carbocycles. The molecule has 1 aliphatic rings. The summed E-state index contributed by atoms with van der Waals surface area (Å²) in [5.74, 6) is 0.829. The van der Waals surface area contributed by atoms with Crippen molar-refractivity contribution in [1.29, 1.82) is 0 Å². The molecule has 2 unspecified atom stereocenters. The smallest absolute Gasteiger partial charge is 0.276 e. The second-order valence-electron chi connectivity index (χ2n) is 6.04. The van der Waals surface area contributed by atoms with E-state index in [4.69, 9.17) is 10.2 Å². The molecule has 0 aliphatic carbocycles. The monoisotopic (exact) mass is 299 g/mol. The van der Waals surface area contributed by atoms with Crippen LogP contribution in [0.4, 0.5) is 0 Å². The molecule has 1 aromatic heterocycles. The van der Waals surface area contributed by atoms with Crippen LogP contribution < -0.4 is 5.73 Å². The van der Waals surface area contributed by atoms with Crippen LogP contribution in [0.3, 0.4) is 0 Å². The van der Waals surface area contributed by atoms with E-state index in [2.05, 4.69) is 11.9 Å². The molecular weight excluding hydrogens is 278 g/mol. The summed E-state index contributed by atoms with van der Waals surface area (Å²) in [6.45, 7) is 5.38. The van der Waals surface area contributed by atoms with Gasteiger partial charge in [-0.15, -0.1) is 0 Å². The minimum Gasteiger partial charge on any atom is -0.443 e. The van der Waals surface area contributed by atoms with Crippen molar-refractivity contribution in [2.45, 2.75) is 26.3 Å². The van der Waals surface area contributed by atoms with E-state index in [1.54, 1.807) is 0 Å². The quantitative estimate of drug-likeness (QED) is 0.945. The third kappa shape index (κ3) is 2.64. The lowest BCUT2D eigenvalue weighted by atomic mass is 10.1. The van der Waals surface area contributed by atoms with Gasteiger partial charge in [0.2, 0.25) is 0 Å². The van der Waals surface area contributed by atoms with E-state index in [0.29, 0.717) is 30.5 Å². The van der Waals surface area contributed by atoms with E-state index in [9.17, 15) is 4.79 Å². The van der Waals surface area contributed by atoms with Gasteiger partial charge in [0, 0.05) is 18.2 Å². The standard InChI is InChI=1S/C17H21N3O2/c1-11-3-5-14(6-4-11)16-15(19-10-22-16)17(21)20-9-13(8-18)7-12(20)2/h3-6,10,12-13H,7-9,18H2,1-2H3. The molecule has 1 aromatic carbocycles. The highest BCUT2D eigenvalue weighted by Crippen LogP contribution is 2.28. The molecule has 3 rings (SSSR count). The molecule has 1 fully saturated rings. The highest BCUT2D eigenvalue weighted by atomic mass is 16.3. The number of oxazole rings is 1. The molecule has 2 atom stereocenters. The normalized spacial score (nSPS) is 21.3. The highest BCUT2D eigenvalue weighted by molar-refractivity contribution is 5.98. The van der Waals surface area contributed by atoms with Gasteiger partial charge in [0.05, 0.1) is 0 Å². The number of rotatable bonds is 3. The summed E-state index contributed by atoms with van der Waals surface area (Å²) in [7, 11) is 0. The molecule has 1 saturated heterocycles. The van der Waals surface area contributed by atoms with Gasteiger partial charge in [-0.05, 0) is 32.7 Å². The van der Waals surface area contributed by atoms with Crippen molar-refractivity contribution in [2.24, 2.45) is 11.7 Å².